The van der Waals surface area contributed by atoms with E-state index in [1.807, 2.05) is 0 Å². The van der Waals surface area contributed by atoms with Gasteiger partial charge in [0.1, 0.15) is 6.17 Å². The first kappa shape index (κ1) is 10.4. The summed E-state index contributed by atoms with van der Waals surface area (Å²) in [5, 5.41) is 14.2. The van der Waals surface area contributed by atoms with E-state index in [1.165, 1.54) is 6.92 Å². The lowest BCUT2D eigenvalue weighted by atomic mass is 10.1. The summed E-state index contributed by atoms with van der Waals surface area (Å²) in [7, 11) is 0. The molecule has 0 aliphatic carbocycles. The molecular formula is C7H11FN2S. The van der Waals surface area contributed by atoms with Crippen molar-refractivity contribution in [2.24, 2.45) is 0 Å². The van der Waals surface area contributed by atoms with E-state index in [9.17, 15) is 4.39 Å². The lowest BCUT2D eigenvalue weighted by Gasteiger charge is -2.05. The standard InChI is InChI=1S/C7H11FN2S/c1-4(11)3-6(9)7(10)5(2)8/h5,9-11H,1,3H2,2H3. The van der Waals surface area contributed by atoms with Gasteiger partial charge < -0.3 is 10.8 Å². The second-order valence-corrected chi connectivity index (χ2v) is 2.88. The highest BCUT2D eigenvalue weighted by molar-refractivity contribution is 7.84. The molecule has 4 heteroatoms. The van der Waals surface area contributed by atoms with Crippen molar-refractivity contribution in [3.8, 4) is 0 Å². The Labute approximate surface area is 70.9 Å². The first-order valence-electron chi connectivity index (χ1n) is 3.12. The van der Waals surface area contributed by atoms with Crippen molar-refractivity contribution in [1.82, 2.24) is 0 Å². The zero-order valence-corrected chi connectivity index (χ0v) is 7.21. The lowest BCUT2D eigenvalue weighted by Crippen LogP contribution is -2.20. The van der Waals surface area contributed by atoms with Crippen molar-refractivity contribution in [2.75, 3.05) is 0 Å². The fraction of sp³-hybridized carbons (Fsp3) is 0.429. The molecule has 0 aliphatic rings. The molecule has 0 bridgehead atoms. The maximum Gasteiger partial charge on any atom is 0.140 e. The van der Waals surface area contributed by atoms with Gasteiger partial charge in [0, 0.05) is 6.42 Å². The molecule has 2 nitrogen and oxygen atoms in total. The van der Waals surface area contributed by atoms with Crippen LogP contribution in [0.15, 0.2) is 11.5 Å². The Morgan fingerprint density at radius 3 is 2.36 bits per heavy atom. The first-order valence-corrected chi connectivity index (χ1v) is 3.57. The maximum atomic E-state index is 12.4. The highest BCUT2D eigenvalue weighted by atomic mass is 32.1. The van der Waals surface area contributed by atoms with Gasteiger partial charge in [0.05, 0.1) is 11.4 Å². The van der Waals surface area contributed by atoms with Gasteiger partial charge in [-0.3, -0.25) is 0 Å². The van der Waals surface area contributed by atoms with Crippen LogP contribution in [0, 0.1) is 10.8 Å². The number of alkyl halides is 1. The van der Waals surface area contributed by atoms with Crippen molar-refractivity contribution in [3.63, 3.8) is 0 Å². The molecule has 2 N–H and O–H groups in total. The van der Waals surface area contributed by atoms with Crippen LogP contribution in [0.5, 0.6) is 0 Å². The van der Waals surface area contributed by atoms with E-state index in [0.717, 1.165) is 0 Å². The van der Waals surface area contributed by atoms with Gasteiger partial charge in [0.2, 0.25) is 0 Å². The summed E-state index contributed by atoms with van der Waals surface area (Å²) >= 11 is 3.85. The van der Waals surface area contributed by atoms with Crippen LogP contribution >= 0.6 is 12.6 Å². The molecule has 0 rings (SSSR count). The molecule has 0 saturated heterocycles. The van der Waals surface area contributed by atoms with Gasteiger partial charge in [-0.2, -0.15) is 0 Å². The third-order valence-corrected chi connectivity index (χ3v) is 1.26. The molecule has 0 heterocycles. The SMILES string of the molecule is C=C(S)CC(=N)C(=N)C(C)F. The molecule has 11 heavy (non-hydrogen) atoms. The zero-order chi connectivity index (χ0) is 9.02. The monoisotopic (exact) mass is 174 g/mol. The molecule has 0 fully saturated rings. The van der Waals surface area contributed by atoms with Crippen molar-refractivity contribution in [2.45, 2.75) is 19.5 Å². The van der Waals surface area contributed by atoms with Gasteiger partial charge in [0.15, 0.2) is 0 Å². The van der Waals surface area contributed by atoms with Crippen molar-refractivity contribution in [1.29, 1.82) is 10.8 Å². The Hall–Kier alpha value is -0.640. The van der Waals surface area contributed by atoms with E-state index >= 15 is 0 Å². The third kappa shape index (κ3) is 3.93. The molecule has 0 saturated carbocycles. The second kappa shape index (κ2) is 4.28. The predicted molar refractivity (Wildman–Crippen MR) is 48.8 cm³/mol. The van der Waals surface area contributed by atoms with Crippen LogP contribution in [0.3, 0.4) is 0 Å². The fourth-order valence-corrected chi connectivity index (χ4v) is 0.697. The van der Waals surface area contributed by atoms with Gasteiger partial charge in [-0.25, -0.2) is 4.39 Å². The average Bonchev–Trinajstić information content (AvgIpc) is 1.84. The summed E-state index contributed by atoms with van der Waals surface area (Å²) < 4.78 is 12.4. The smallest absolute Gasteiger partial charge is 0.140 e. The molecule has 0 aromatic heterocycles. The Kier molecular flexibility index (Phi) is 4.03. The van der Waals surface area contributed by atoms with E-state index in [2.05, 4.69) is 19.2 Å². The Morgan fingerprint density at radius 1 is 1.64 bits per heavy atom. The summed E-state index contributed by atoms with van der Waals surface area (Å²) in [6, 6.07) is 0. The molecule has 0 radical (unpaired) electrons. The van der Waals surface area contributed by atoms with E-state index in [0.29, 0.717) is 4.91 Å². The van der Waals surface area contributed by atoms with Crippen LogP contribution in [0.2, 0.25) is 0 Å². The largest absolute Gasteiger partial charge is 0.303 e. The van der Waals surface area contributed by atoms with Crippen molar-refractivity contribution >= 4 is 24.1 Å². The summed E-state index contributed by atoms with van der Waals surface area (Å²) in [6.45, 7) is 4.68. The number of nitrogens with one attached hydrogen (secondary N) is 2. The summed E-state index contributed by atoms with van der Waals surface area (Å²) in [4.78, 5) is 0.473. The molecular weight excluding hydrogens is 163 g/mol. The van der Waals surface area contributed by atoms with Gasteiger partial charge in [-0.05, 0) is 11.8 Å². The van der Waals surface area contributed by atoms with Crippen molar-refractivity contribution < 1.29 is 4.39 Å². The second-order valence-electron chi connectivity index (χ2n) is 2.25. The molecule has 1 atom stereocenters. The number of halogens is 1. The summed E-state index contributed by atoms with van der Waals surface area (Å²) in [6.07, 6.45) is -1.22. The number of thiol groups is 1. The maximum absolute atomic E-state index is 12.4. The van der Waals surface area contributed by atoms with E-state index in [1.54, 1.807) is 0 Å². The zero-order valence-electron chi connectivity index (χ0n) is 6.32. The summed E-state index contributed by atoms with van der Waals surface area (Å²) in [5.74, 6) is 0. The molecule has 0 aromatic carbocycles. The highest BCUT2D eigenvalue weighted by Gasteiger charge is 2.11. The summed E-state index contributed by atoms with van der Waals surface area (Å²) in [5.41, 5.74) is -0.347. The highest BCUT2D eigenvalue weighted by Crippen LogP contribution is 2.06. The van der Waals surface area contributed by atoms with Crippen LogP contribution < -0.4 is 0 Å². The van der Waals surface area contributed by atoms with Crippen LogP contribution in [0.1, 0.15) is 13.3 Å². The molecule has 0 amide bonds. The Morgan fingerprint density at radius 2 is 2.09 bits per heavy atom. The third-order valence-electron chi connectivity index (χ3n) is 1.10. The predicted octanol–water partition coefficient (Wildman–Crippen LogP) is 2.22. The Balaban J connectivity index is 4.05. The van der Waals surface area contributed by atoms with Gasteiger partial charge in [0.25, 0.3) is 0 Å². The number of allylic oxidation sites excluding steroid dienone is 1. The molecule has 0 aromatic rings. The lowest BCUT2D eigenvalue weighted by molar-refractivity contribution is 0.455. The molecule has 62 valence electrons. The van der Waals surface area contributed by atoms with E-state index in [4.69, 9.17) is 10.8 Å². The van der Waals surface area contributed by atoms with Crippen molar-refractivity contribution in [3.05, 3.63) is 11.5 Å². The minimum absolute atomic E-state index is 0.0556. The normalized spacial score (nSPS) is 12.3. The molecule has 0 aliphatic heterocycles. The fourth-order valence-electron chi connectivity index (χ4n) is 0.539. The number of hydrogen-bond donors (Lipinski definition) is 3. The van der Waals surface area contributed by atoms with Gasteiger partial charge in [-0.15, -0.1) is 12.6 Å². The molecule has 0 spiro atoms. The van der Waals surface area contributed by atoms with E-state index < -0.39 is 6.17 Å². The Bertz CT molecular complexity index is 199. The topological polar surface area (TPSA) is 47.7 Å². The van der Waals surface area contributed by atoms with Crippen LogP contribution in [-0.4, -0.2) is 17.6 Å². The van der Waals surface area contributed by atoms with Gasteiger partial charge >= 0.3 is 0 Å². The minimum atomic E-state index is -1.38. The number of rotatable bonds is 4. The van der Waals surface area contributed by atoms with Crippen LogP contribution in [0.4, 0.5) is 4.39 Å². The average molecular weight is 174 g/mol. The van der Waals surface area contributed by atoms with Crippen LogP contribution in [-0.2, 0) is 0 Å². The molecule has 1 unspecified atom stereocenters. The minimum Gasteiger partial charge on any atom is -0.303 e. The van der Waals surface area contributed by atoms with Gasteiger partial charge in [-0.1, -0.05) is 6.58 Å². The quantitative estimate of drug-likeness (QED) is 0.432. The number of hydrogen-bond acceptors (Lipinski definition) is 3. The first-order chi connectivity index (χ1) is 4.95. The van der Waals surface area contributed by atoms with Crippen LogP contribution in [0.25, 0.3) is 0 Å². The van der Waals surface area contributed by atoms with E-state index in [-0.39, 0.29) is 17.8 Å².